The smallest absolute Gasteiger partial charge is 0.331 e. The molecule has 1 aliphatic carbocycles. The van der Waals surface area contributed by atoms with Crippen molar-refractivity contribution >= 4 is 58.3 Å². The van der Waals surface area contributed by atoms with Gasteiger partial charge in [-0.2, -0.15) is 18.4 Å². The molecule has 1 aromatic carbocycles. The summed E-state index contributed by atoms with van der Waals surface area (Å²) in [6.45, 7) is 11.2. The van der Waals surface area contributed by atoms with Crippen LogP contribution in [0.2, 0.25) is 0 Å². The number of unbranched alkanes of at least 4 members (excludes halogenated alkanes) is 1. The van der Waals surface area contributed by atoms with Gasteiger partial charge in [0.15, 0.2) is 5.11 Å². The molecule has 2 N–H and O–H groups in total. The Morgan fingerprint density at radius 3 is 2.35 bits per heavy atom. The van der Waals surface area contributed by atoms with Crippen molar-refractivity contribution in [1.82, 2.24) is 25.0 Å². The van der Waals surface area contributed by atoms with Crippen LogP contribution in [0, 0.1) is 11.3 Å². The number of nitriles is 1. The number of hydrogen-bond donors (Lipinski definition) is 2. The van der Waals surface area contributed by atoms with E-state index < -0.39 is 28.9 Å². The number of benzene rings is 1. The lowest BCUT2D eigenvalue weighted by molar-refractivity contribution is -0.137. The van der Waals surface area contributed by atoms with E-state index in [-0.39, 0.29) is 41.0 Å². The van der Waals surface area contributed by atoms with Gasteiger partial charge in [-0.3, -0.25) is 34.4 Å². The first kappa shape index (κ1) is 41.5. The summed E-state index contributed by atoms with van der Waals surface area (Å²) in [6, 6.07) is 7.80. The third kappa shape index (κ3) is 9.96. The zero-order chi connectivity index (χ0) is 39.9. The Morgan fingerprint density at radius 1 is 1.02 bits per heavy atom. The number of nitrogens with one attached hydrogen (secondary N) is 2. The molecule has 0 atom stereocenters. The topological polar surface area (TPSA) is 145 Å². The van der Waals surface area contributed by atoms with E-state index in [0.29, 0.717) is 24.6 Å². The average Bonchev–Trinajstić information content (AvgIpc) is 3.33. The summed E-state index contributed by atoms with van der Waals surface area (Å²) >= 11 is 5.53. The lowest BCUT2D eigenvalue weighted by atomic mass is 9.91. The summed E-state index contributed by atoms with van der Waals surface area (Å²) in [6.07, 6.45) is 4.56. The van der Waals surface area contributed by atoms with Crippen LogP contribution in [0.4, 0.5) is 35.2 Å². The molecule has 13 nitrogen and oxygen atoms in total. The summed E-state index contributed by atoms with van der Waals surface area (Å²) in [7, 11) is 0. The molecule has 0 spiro atoms. The molecule has 4 aliphatic rings. The van der Waals surface area contributed by atoms with Gasteiger partial charge in [0.25, 0.3) is 5.91 Å². The number of hydrogen-bond acceptors (Lipinski definition) is 9. The minimum absolute atomic E-state index is 0.0442. The Balaban J connectivity index is 0.000000211. The molecule has 4 fully saturated rings. The van der Waals surface area contributed by atoms with E-state index >= 15 is 0 Å². The van der Waals surface area contributed by atoms with E-state index in [1.54, 1.807) is 38.2 Å². The second-order valence-corrected chi connectivity index (χ2v) is 15.0. The van der Waals surface area contributed by atoms with Crippen molar-refractivity contribution in [1.29, 1.82) is 5.26 Å². The summed E-state index contributed by atoms with van der Waals surface area (Å²) in [5.74, 6) is -0.353. The van der Waals surface area contributed by atoms with E-state index in [9.17, 15) is 32.3 Å². The Kier molecular flexibility index (Phi) is 13.5. The molecule has 55 heavy (non-hydrogen) atoms. The Morgan fingerprint density at radius 2 is 1.71 bits per heavy atom. The standard InChI is InChI=1S/C19H20F3N3OS.C19H28N6O3/c1-18(2)16(26)24(17(27)25(18)13-6-4-3-5-7-13)14-9-8-12(11-23)15(10-14)19(20,21)22;1-2-3-7-23-9-11-24(12-10-23)14-18(27)21-16-13-15(4-6-20-16)25-8-5-17(26)22-19(25)28/h8-10,13H,3-7H2,1-2H3;4,6,13H,2-3,5,7-12,14H2,1H3,(H,20,21,27)(H,22,26,28). The summed E-state index contributed by atoms with van der Waals surface area (Å²) in [5.41, 5.74) is -1.83. The Labute approximate surface area is 324 Å². The first-order valence-electron chi connectivity index (χ1n) is 18.7. The van der Waals surface area contributed by atoms with Crippen molar-refractivity contribution in [2.75, 3.05) is 60.9 Å². The summed E-state index contributed by atoms with van der Waals surface area (Å²) in [5, 5.41) is 14.3. The molecule has 0 unspecified atom stereocenters. The van der Waals surface area contributed by atoms with Crippen LogP contribution in [0.5, 0.6) is 0 Å². The number of urea groups is 1. The molecule has 3 aliphatic heterocycles. The maximum Gasteiger partial charge on any atom is 0.417 e. The van der Waals surface area contributed by atoms with Crippen LogP contribution in [-0.2, 0) is 20.6 Å². The molecule has 2 aromatic rings. The van der Waals surface area contributed by atoms with Crippen molar-refractivity contribution in [2.24, 2.45) is 0 Å². The molecule has 1 aromatic heterocycles. The fourth-order valence-corrected chi connectivity index (χ4v) is 7.96. The number of amides is 5. The number of aromatic nitrogens is 1. The number of piperazine rings is 1. The van der Waals surface area contributed by atoms with E-state index in [1.165, 1.54) is 28.7 Å². The quantitative estimate of drug-likeness (QED) is 0.313. The highest BCUT2D eigenvalue weighted by atomic mass is 32.1. The zero-order valence-electron chi connectivity index (χ0n) is 31.5. The van der Waals surface area contributed by atoms with Crippen LogP contribution in [0.25, 0.3) is 0 Å². The largest absolute Gasteiger partial charge is 0.417 e. The van der Waals surface area contributed by atoms with Crippen molar-refractivity contribution in [3.63, 3.8) is 0 Å². The second kappa shape index (κ2) is 17.9. The number of thiocarbonyl (C=S) groups is 1. The maximum atomic E-state index is 13.3. The minimum atomic E-state index is -4.69. The third-order valence-corrected chi connectivity index (χ3v) is 10.8. The molecule has 17 heteroatoms. The van der Waals surface area contributed by atoms with Crippen LogP contribution in [0.1, 0.15) is 83.3 Å². The lowest BCUT2D eigenvalue weighted by Gasteiger charge is -2.39. The van der Waals surface area contributed by atoms with Gasteiger partial charge in [-0.1, -0.05) is 32.6 Å². The number of alkyl halides is 3. The molecule has 6 rings (SSSR count). The predicted molar refractivity (Wildman–Crippen MR) is 205 cm³/mol. The molecule has 0 radical (unpaired) electrons. The van der Waals surface area contributed by atoms with Crippen molar-refractivity contribution in [2.45, 2.75) is 89.9 Å². The van der Waals surface area contributed by atoms with Crippen LogP contribution >= 0.6 is 12.2 Å². The van der Waals surface area contributed by atoms with Crippen molar-refractivity contribution in [3.05, 3.63) is 47.7 Å². The average molecular weight is 784 g/mol. The first-order valence-corrected chi connectivity index (χ1v) is 19.2. The molecular weight excluding hydrogens is 736 g/mol. The monoisotopic (exact) mass is 783 g/mol. The summed E-state index contributed by atoms with van der Waals surface area (Å²) in [4.78, 5) is 62.0. The lowest BCUT2D eigenvalue weighted by Crippen LogP contribution is -2.50. The SMILES string of the molecule is CC1(C)C(=O)N(c2ccc(C#N)c(C(F)(F)F)c2)C(=S)N1C1CCCCC1.CCCCN1CCN(CC(=O)Nc2cc(N3CCC(=O)NC3=O)ccn2)CC1. The number of carbonyl (C=O) groups excluding carboxylic acids is 4. The highest BCUT2D eigenvalue weighted by Gasteiger charge is 2.52. The van der Waals surface area contributed by atoms with E-state index in [0.717, 1.165) is 77.0 Å². The Bertz CT molecular complexity index is 1800. The van der Waals surface area contributed by atoms with Gasteiger partial charge in [0.05, 0.1) is 35.1 Å². The molecule has 5 amide bonds. The number of imide groups is 1. The van der Waals surface area contributed by atoms with E-state index in [1.807, 2.05) is 4.90 Å². The molecule has 296 valence electrons. The maximum absolute atomic E-state index is 13.3. The normalized spacial score (nSPS) is 19.8. The van der Waals surface area contributed by atoms with Gasteiger partial charge < -0.3 is 15.1 Å². The Hall–Kier alpha value is -4.66. The number of halogens is 3. The van der Waals surface area contributed by atoms with Gasteiger partial charge in [0.2, 0.25) is 11.8 Å². The molecule has 4 heterocycles. The van der Waals surface area contributed by atoms with E-state index in [4.69, 9.17) is 17.5 Å². The van der Waals surface area contributed by atoms with Gasteiger partial charge in [-0.05, 0) is 76.1 Å². The number of anilines is 3. The third-order valence-electron chi connectivity index (χ3n) is 10.4. The highest BCUT2D eigenvalue weighted by Crippen LogP contribution is 2.40. The second-order valence-electron chi connectivity index (χ2n) is 14.7. The first-order chi connectivity index (χ1) is 26.1. The van der Waals surface area contributed by atoms with Gasteiger partial charge >= 0.3 is 12.2 Å². The summed E-state index contributed by atoms with van der Waals surface area (Å²) < 4.78 is 40.0. The fourth-order valence-electron chi connectivity index (χ4n) is 7.40. The molecule has 1 saturated carbocycles. The fraction of sp³-hybridized carbons (Fsp3) is 0.553. The van der Waals surface area contributed by atoms with Gasteiger partial charge in [-0.25, -0.2) is 9.78 Å². The van der Waals surface area contributed by atoms with Crippen molar-refractivity contribution in [3.8, 4) is 6.07 Å². The minimum Gasteiger partial charge on any atom is -0.331 e. The van der Waals surface area contributed by atoms with Gasteiger partial charge in [0, 0.05) is 57.4 Å². The molecule has 3 saturated heterocycles. The van der Waals surface area contributed by atoms with Crippen LogP contribution in [0.3, 0.4) is 0 Å². The van der Waals surface area contributed by atoms with Crippen LogP contribution in [0.15, 0.2) is 36.5 Å². The number of nitrogens with zero attached hydrogens (tertiary/aromatic N) is 7. The number of rotatable bonds is 9. The van der Waals surface area contributed by atoms with Crippen LogP contribution in [-0.4, -0.2) is 106 Å². The molecular formula is C38H48F3N9O4S. The van der Waals surface area contributed by atoms with Crippen molar-refractivity contribution < 1.29 is 32.3 Å². The highest BCUT2D eigenvalue weighted by molar-refractivity contribution is 7.80. The zero-order valence-corrected chi connectivity index (χ0v) is 32.3. The van der Waals surface area contributed by atoms with Gasteiger partial charge in [-0.15, -0.1) is 0 Å². The van der Waals surface area contributed by atoms with Crippen LogP contribution < -0.4 is 20.4 Å². The number of pyridine rings is 1. The van der Waals surface area contributed by atoms with Gasteiger partial charge in [0.1, 0.15) is 11.4 Å². The predicted octanol–water partition coefficient (Wildman–Crippen LogP) is 5.51. The molecule has 0 bridgehead atoms. The number of carbonyl (C=O) groups is 4. The van der Waals surface area contributed by atoms with E-state index in [2.05, 4.69) is 32.3 Å².